The van der Waals surface area contributed by atoms with E-state index in [2.05, 4.69) is 5.43 Å². The average Bonchev–Trinajstić information content (AvgIpc) is 2.46. The molecule has 0 saturated carbocycles. The maximum Gasteiger partial charge on any atom is 0.255 e. The number of hydrogen-bond donors (Lipinski definition) is 2. The van der Waals surface area contributed by atoms with Crippen molar-refractivity contribution >= 4 is 22.9 Å². The standard InChI is InChI=1S/C7H9ClF2N2S/c8-6-2-1-4(13-6)3-5(12-11)7(9)10/h1-2,5,7,12H,3,11H2. The minimum absolute atomic E-state index is 0.200. The molecule has 0 aliphatic heterocycles. The summed E-state index contributed by atoms with van der Waals surface area (Å²) in [5.41, 5.74) is 2.07. The van der Waals surface area contributed by atoms with Crippen LogP contribution >= 0.6 is 22.9 Å². The fourth-order valence-corrected chi connectivity index (χ4v) is 2.04. The molecular formula is C7H9ClF2N2S. The third-order valence-electron chi connectivity index (χ3n) is 1.57. The molecule has 1 aromatic rings. The van der Waals surface area contributed by atoms with Crippen molar-refractivity contribution in [3.8, 4) is 0 Å². The molecule has 74 valence electrons. The van der Waals surface area contributed by atoms with Gasteiger partial charge in [0, 0.05) is 11.3 Å². The molecule has 13 heavy (non-hydrogen) atoms. The largest absolute Gasteiger partial charge is 0.271 e. The summed E-state index contributed by atoms with van der Waals surface area (Å²) in [4.78, 5) is 0.799. The minimum Gasteiger partial charge on any atom is -0.271 e. The molecule has 0 fully saturated rings. The monoisotopic (exact) mass is 226 g/mol. The molecule has 0 aliphatic carbocycles. The van der Waals surface area contributed by atoms with Gasteiger partial charge >= 0.3 is 0 Å². The van der Waals surface area contributed by atoms with Gasteiger partial charge < -0.3 is 0 Å². The SMILES string of the molecule is NNC(Cc1ccc(Cl)s1)C(F)F. The van der Waals surface area contributed by atoms with Gasteiger partial charge in [0.05, 0.1) is 10.4 Å². The first-order valence-corrected chi connectivity index (χ1v) is 4.81. The highest BCUT2D eigenvalue weighted by Crippen LogP contribution is 2.23. The summed E-state index contributed by atoms with van der Waals surface area (Å²) in [5, 5.41) is 0. The molecule has 0 aromatic carbocycles. The van der Waals surface area contributed by atoms with E-state index in [1.165, 1.54) is 11.3 Å². The van der Waals surface area contributed by atoms with Crippen LogP contribution in [0.2, 0.25) is 4.34 Å². The Hall–Kier alpha value is -0.230. The van der Waals surface area contributed by atoms with Gasteiger partial charge in [0.1, 0.15) is 0 Å². The Morgan fingerprint density at radius 2 is 2.23 bits per heavy atom. The fraction of sp³-hybridized carbons (Fsp3) is 0.429. The van der Waals surface area contributed by atoms with Crippen LogP contribution in [0.1, 0.15) is 4.88 Å². The van der Waals surface area contributed by atoms with Crippen molar-refractivity contribution in [2.45, 2.75) is 18.9 Å². The number of alkyl halides is 2. The second-order valence-corrected chi connectivity index (χ2v) is 4.32. The summed E-state index contributed by atoms with van der Waals surface area (Å²) in [5.74, 6) is 4.97. The molecule has 1 aromatic heterocycles. The molecular weight excluding hydrogens is 218 g/mol. The van der Waals surface area contributed by atoms with Crippen LogP contribution in [0.5, 0.6) is 0 Å². The van der Waals surface area contributed by atoms with E-state index >= 15 is 0 Å². The fourth-order valence-electron chi connectivity index (χ4n) is 0.899. The van der Waals surface area contributed by atoms with Crippen molar-refractivity contribution in [1.82, 2.24) is 5.43 Å². The Morgan fingerprint density at radius 3 is 2.62 bits per heavy atom. The molecule has 0 saturated heterocycles. The lowest BCUT2D eigenvalue weighted by Gasteiger charge is -2.12. The molecule has 0 radical (unpaired) electrons. The molecule has 1 heterocycles. The van der Waals surface area contributed by atoms with Crippen LogP contribution in [0.25, 0.3) is 0 Å². The van der Waals surface area contributed by atoms with E-state index in [4.69, 9.17) is 17.4 Å². The number of nitrogens with two attached hydrogens (primary N) is 1. The summed E-state index contributed by atoms with van der Waals surface area (Å²) in [6.07, 6.45) is -2.27. The highest BCUT2D eigenvalue weighted by molar-refractivity contribution is 7.16. The first kappa shape index (κ1) is 10.8. The number of hydrogen-bond acceptors (Lipinski definition) is 3. The lowest BCUT2D eigenvalue weighted by molar-refractivity contribution is 0.0988. The quantitative estimate of drug-likeness (QED) is 0.609. The predicted octanol–water partition coefficient (Wildman–Crippen LogP) is 2.04. The predicted molar refractivity (Wildman–Crippen MR) is 50.1 cm³/mol. The van der Waals surface area contributed by atoms with Crippen LogP contribution in [0.4, 0.5) is 8.78 Å². The third-order valence-corrected chi connectivity index (χ3v) is 2.82. The highest BCUT2D eigenvalue weighted by atomic mass is 35.5. The van der Waals surface area contributed by atoms with Crippen LogP contribution in [0.15, 0.2) is 12.1 Å². The summed E-state index contributed by atoms with van der Waals surface area (Å²) in [7, 11) is 0. The van der Waals surface area contributed by atoms with Gasteiger partial charge in [0.15, 0.2) is 0 Å². The molecule has 0 amide bonds. The molecule has 0 bridgehead atoms. The van der Waals surface area contributed by atoms with Gasteiger partial charge in [-0.15, -0.1) is 11.3 Å². The number of halogens is 3. The first-order chi connectivity index (χ1) is 6.13. The van der Waals surface area contributed by atoms with E-state index in [9.17, 15) is 8.78 Å². The Morgan fingerprint density at radius 1 is 1.54 bits per heavy atom. The number of rotatable bonds is 4. The van der Waals surface area contributed by atoms with Crippen LogP contribution in [0, 0.1) is 0 Å². The van der Waals surface area contributed by atoms with E-state index in [1.54, 1.807) is 12.1 Å². The summed E-state index contributed by atoms with van der Waals surface area (Å²) >= 11 is 6.93. The number of nitrogens with one attached hydrogen (secondary N) is 1. The normalized spacial score (nSPS) is 13.6. The van der Waals surface area contributed by atoms with Crippen molar-refractivity contribution < 1.29 is 8.78 Å². The van der Waals surface area contributed by atoms with Gasteiger partial charge in [0.25, 0.3) is 6.43 Å². The second kappa shape index (κ2) is 4.85. The Labute approximate surface area is 83.7 Å². The van der Waals surface area contributed by atoms with Gasteiger partial charge in [-0.1, -0.05) is 11.6 Å². The number of hydrazine groups is 1. The second-order valence-electron chi connectivity index (χ2n) is 2.52. The van der Waals surface area contributed by atoms with Crippen LogP contribution in [-0.2, 0) is 6.42 Å². The van der Waals surface area contributed by atoms with E-state index in [-0.39, 0.29) is 6.42 Å². The highest BCUT2D eigenvalue weighted by Gasteiger charge is 2.19. The lowest BCUT2D eigenvalue weighted by Crippen LogP contribution is -2.41. The summed E-state index contributed by atoms with van der Waals surface area (Å²) < 4.78 is 25.0. The molecule has 3 N–H and O–H groups in total. The smallest absolute Gasteiger partial charge is 0.255 e. The maximum absolute atomic E-state index is 12.2. The van der Waals surface area contributed by atoms with Crippen LogP contribution < -0.4 is 11.3 Å². The Balaban J connectivity index is 2.56. The molecule has 1 unspecified atom stereocenters. The molecule has 1 atom stereocenters. The van der Waals surface area contributed by atoms with Crippen molar-refractivity contribution in [3.63, 3.8) is 0 Å². The number of thiophene rings is 1. The molecule has 1 rings (SSSR count). The zero-order valence-corrected chi connectivity index (χ0v) is 8.21. The van der Waals surface area contributed by atoms with Gasteiger partial charge in [-0.2, -0.15) is 0 Å². The van der Waals surface area contributed by atoms with Gasteiger partial charge in [-0.25, -0.2) is 8.78 Å². The van der Waals surface area contributed by atoms with Crippen molar-refractivity contribution in [2.75, 3.05) is 0 Å². The minimum atomic E-state index is -2.47. The van der Waals surface area contributed by atoms with Crippen molar-refractivity contribution in [1.29, 1.82) is 0 Å². The lowest BCUT2D eigenvalue weighted by atomic mass is 10.2. The van der Waals surface area contributed by atoms with Gasteiger partial charge in [-0.3, -0.25) is 11.3 Å². The van der Waals surface area contributed by atoms with E-state index in [0.717, 1.165) is 4.88 Å². The van der Waals surface area contributed by atoms with E-state index in [0.29, 0.717) is 4.34 Å². The van der Waals surface area contributed by atoms with Crippen molar-refractivity contribution in [3.05, 3.63) is 21.3 Å². The van der Waals surface area contributed by atoms with E-state index in [1.807, 2.05) is 0 Å². The molecule has 2 nitrogen and oxygen atoms in total. The topological polar surface area (TPSA) is 38.0 Å². The Kier molecular flexibility index (Phi) is 4.05. The van der Waals surface area contributed by atoms with Gasteiger partial charge in [0.2, 0.25) is 0 Å². The summed E-state index contributed by atoms with van der Waals surface area (Å²) in [6, 6.07) is 2.40. The van der Waals surface area contributed by atoms with Crippen molar-refractivity contribution in [2.24, 2.45) is 5.84 Å². The average molecular weight is 227 g/mol. The third kappa shape index (κ3) is 3.19. The zero-order valence-electron chi connectivity index (χ0n) is 6.64. The van der Waals surface area contributed by atoms with E-state index < -0.39 is 12.5 Å². The maximum atomic E-state index is 12.2. The molecule has 0 spiro atoms. The Bertz CT molecular complexity index is 267. The van der Waals surface area contributed by atoms with Gasteiger partial charge in [-0.05, 0) is 12.1 Å². The van der Waals surface area contributed by atoms with Crippen LogP contribution in [0.3, 0.4) is 0 Å². The molecule has 0 aliphatic rings. The molecule has 6 heteroatoms. The summed E-state index contributed by atoms with van der Waals surface area (Å²) in [6.45, 7) is 0. The zero-order chi connectivity index (χ0) is 9.84. The van der Waals surface area contributed by atoms with Crippen LogP contribution in [-0.4, -0.2) is 12.5 Å². The first-order valence-electron chi connectivity index (χ1n) is 3.62.